The fourth-order valence-corrected chi connectivity index (χ4v) is 4.90. The number of rotatable bonds is 4. The molecule has 4 rings (SSSR count). The highest BCUT2D eigenvalue weighted by Crippen LogP contribution is 2.33. The van der Waals surface area contributed by atoms with Crippen molar-refractivity contribution in [3.63, 3.8) is 0 Å². The van der Waals surface area contributed by atoms with Crippen LogP contribution in [-0.2, 0) is 11.3 Å². The Labute approximate surface area is 150 Å². The van der Waals surface area contributed by atoms with Gasteiger partial charge in [-0.2, -0.15) is 0 Å². The summed E-state index contributed by atoms with van der Waals surface area (Å²) in [7, 11) is 0. The van der Waals surface area contributed by atoms with Gasteiger partial charge in [-0.1, -0.05) is 0 Å². The zero-order valence-electron chi connectivity index (χ0n) is 15.1. The van der Waals surface area contributed by atoms with Gasteiger partial charge in [0.05, 0.1) is 0 Å². The lowest BCUT2D eigenvalue weighted by atomic mass is 9.82. The minimum atomic E-state index is 0.405. The number of fused-ring (bicyclic) bond motifs is 1. The van der Waals surface area contributed by atoms with Crippen LogP contribution in [0.1, 0.15) is 37.7 Å². The smallest absolute Gasteiger partial charge is 0.222 e. The third-order valence-electron chi connectivity index (χ3n) is 6.30. The predicted octanol–water partition coefficient (Wildman–Crippen LogP) is 1.89. The standard InChI is InChI=1S/C20H30N4O/c25-20-2-1-18-15-23(13-16-3-8-21-9-4-16)12-7-19(18)24(20)14-17-5-10-22-11-6-17/h3-4,8-9,17-19,22H,1-2,5-7,10-15H2/t18-,19+/m0/s1. The van der Waals surface area contributed by atoms with Crippen LogP contribution in [0.25, 0.3) is 0 Å². The molecule has 0 aromatic carbocycles. The molecule has 3 fully saturated rings. The van der Waals surface area contributed by atoms with Crippen molar-refractivity contribution in [3.8, 4) is 0 Å². The van der Waals surface area contributed by atoms with Gasteiger partial charge < -0.3 is 10.2 Å². The second-order valence-electron chi connectivity index (χ2n) is 7.98. The molecular weight excluding hydrogens is 312 g/mol. The Bertz CT molecular complexity index is 572. The van der Waals surface area contributed by atoms with Gasteiger partial charge in [-0.15, -0.1) is 0 Å². The molecule has 0 aliphatic carbocycles. The lowest BCUT2D eigenvalue weighted by Gasteiger charge is -2.48. The SMILES string of the molecule is O=C1CC[C@H]2CN(Cc3ccncc3)CC[C@H]2N1CC1CCNCC1. The summed E-state index contributed by atoms with van der Waals surface area (Å²) in [5.74, 6) is 1.75. The average Bonchev–Trinajstić information content (AvgIpc) is 2.66. The van der Waals surface area contributed by atoms with E-state index in [9.17, 15) is 4.79 Å². The van der Waals surface area contributed by atoms with E-state index in [-0.39, 0.29) is 0 Å². The van der Waals surface area contributed by atoms with Crippen molar-refractivity contribution in [1.82, 2.24) is 20.1 Å². The van der Waals surface area contributed by atoms with Crippen molar-refractivity contribution in [2.75, 3.05) is 32.7 Å². The number of carbonyl (C=O) groups is 1. The zero-order chi connectivity index (χ0) is 17.1. The number of carbonyl (C=O) groups excluding carboxylic acids is 1. The van der Waals surface area contributed by atoms with E-state index in [2.05, 4.69) is 32.2 Å². The van der Waals surface area contributed by atoms with Crippen molar-refractivity contribution in [2.24, 2.45) is 11.8 Å². The Morgan fingerprint density at radius 2 is 1.92 bits per heavy atom. The number of likely N-dealkylation sites (tertiary alicyclic amines) is 2. The van der Waals surface area contributed by atoms with E-state index in [0.29, 0.717) is 23.8 Å². The second-order valence-corrected chi connectivity index (χ2v) is 7.98. The van der Waals surface area contributed by atoms with Gasteiger partial charge in [-0.05, 0) is 68.3 Å². The number of hydrogen-bond donors (Lipinski definition) is 1. The number of nitrogens with one attached hydrogen (secondary N) is 1. The van der Waals surface area contributed by atoms with Gasteiger partial charge in [-0.3, -0.25) is 14.7 Å². The molecule has 5 heteroatoms. The summed E-state index contributed by atoms with van der Waals surface area (Å²) in [6.07, 6.45) is 9.13. The topological polar surface area (TPSA) is 48.5 Å². The Hall–Kier alpha value is -1.46. The zero-order valence-corrected chi connectivity index (χ0v) is 15.1. The lowest BCUT2D eigenvalue weighted by Crippen LogP contribution is -2.57. The number of aromatic nitrogens is 1. The highest BCUT2D eigenvalue weighted by Gasteiger charge is 2.39. The maximum absolute atomic E-state index is 12.6. The quantitative estimate of drug-likeness (QED) is 0.908. The van der Waals surface area contributed by atoms with Gasteiger partial charge in [0.1, 0.15) is 0 Å². The summed E-state index contributed by atoms with van der Waals surface area (Å²) in [6, 6.07) is 4.70. The molecule has 3 saturated heterocycles. The van der Waals surface area contributed by atoms with Crippen LogP contribution in [0.3, 0.4) is 0 Å². The fourth-order valence-electron chi connectivity index (χ4n) is 4.90. The molecule has 0 saturated carbocycles. The van der Waals surface area contributed by atoms with E-state index in [1.165, 1.54) is 18.4 Å². The molecular formula is C20H30N4O. The number of hydrogen-bond acceptors (Lipinski definition) is 4. The number of pyridine rings is 1. The maximum atomic E-state index is 12.6. The summed E-state index contributed by atoms with van der Waals surface area (Å²) >= 11 is 0. The van der Waals surface area contributed by atoms with E-state index < -0.39 is 0 Å². The molecule has 0 spiro atoms. The van der Waals surface area contributed by atoms with E-state index in [0.717, 1.165) is 58.5 Å². The molecule has 136 valence electrons. The van der Waals surface area contributed by atoms with Crippen molar-refractivity contribution < 1.29 is 4.79 Å². The van der Waals surface area contributed by atoms with Crippen molar-refractivity contribution in [2.45, 2.75) is 44.7 Å². The molecule has 1 aromatic heterocycles. The van der Waals surface area contributed by atoms with Crippen LogP contribution in [0.5, 0.6) is 0 Å². The summed E-state index contributed by atoms with van der Waals surface area (Å²) in [6.45, 7) is 6.45. The van der Waals surface area contributed by atoms with Crippen LogP contribution in [0.2, 0.25) is 0 Å². The van der Waals surface area contributed by atoms with Gasteiger partial charge in [0.25, 0.3) is 0 Å². The van der Waals surface area contributed by atoms with Gasteiger partial charge in [0.15, 0.2) is 0 Å². The number of nitrogens with zero attached hydrogens (tertiary/aromatic N) is 3. The van der Waals surface area contributed by atoms with Crippen LogP contribution in [-0.4, -0.2) is 59.5 Å². The van der Waals surface area contributed by atoms with E-state index in [4.69, 9.17) is 0 Å². The molecule has 3 aliphatic rings. The molecule has 0 bridgehead atoms. The Morgan fingerprint density at radius 3 is 2.72 bits per heavy atom. The summed E-state index contributed by atoms with van der Waals surface area (Å²) in [5, 5.41) is 3.43. The highest BCUT2D eigenvalue weighted by molar-refractivity contribution is 5.77. The molecule has 5 nitrogen and oxygen atoms in total. The van der Waals surface area contributed by atoms with Gasteiger partial charge in [0.2, 0.25) is 5.91 Å². The molecule has 1 amide bonds. The maximum Gasteiger partial charge on any atom is 0.222 e. The van der Waals surface area contributed by atoms with Crippen LogP contribution in [0.15, 0.2) is 24.5 Å². The van der Waals surface area contributed by atoms with Crippen molar-refractivity contribution in [3.05, 3.63) is 30.1 Å². The Morgan fingerprint density at radius 1 is 1.12 bits per heavy atom. The van der Waals surface area contributed by atoms with Crippen LogP contribution in [0.4, 0.5) is 0 Å². The van der Waals surface area contributed by atoms with Gasteiger partial charge in [-0.25, -0.2) is 0 Å². The normalized spacial score (nSPS) is 28.8. The minimum Gasteiger partial charge on any atom is -0.339 e. The first-order valence-corrected chi connectivity index (χ1v) is 9.91. The van der Waals surface area contributed by atoms with Crippen LogP contribution >= 0.6 is 0 Å². The van der Waals surface area contributed by atoms with Crippen molar-refractivity contribution >= 4 is 5.91 Å². The molecule has 25 heavy (non-hydrogen) atoms. The highest BCUT2D eigenvalue weighted by atomic mass is 16.2. The third kappa shape index (κ3) is 4.04. The van der Waals surface area contributed by atoms with Gasteiger partial charge in [0, 0.05) is 51.0 Å². The Kier molecular flexibility index (Phi) is 5.32. The molecule has 1 aromatic rings. The van der Waals surface area contributed by atoms with Crippen LogP contribution in [0, 0.1) is 11.8 Å². The van der Waals surface area contributed by atoms with Gasteiger partial charge >= 0.3 is 0 Å². The summed E-state index contributed by atoms with van der Waals surface area (Å²) < 4.78 is 0. The fraction of sp³-hybridized carbons (Fsp3) is 0.700. The molecule has 3 aliphatic heterocycles. The molecule has 0 radical (unpaired) electrons. The number of amides is 1. The van der Waals surface area contributed by atoms with E-state index in [1.54, 1.807) is 0 Å². The number of piperidine rings is 3. The third-order valence-corrected chi connectivity index (χ3v) is 6.30. The summed E-state index contributed by atoms with van der Waals surface area (Å²) in [4.78, 5) is 21.5. The van der Waals surface area contributed by atoms with Crippen LogP contribution < -0.4 is 5.32 Å². The molecule has 0 unspecified atom stereocenters. The first kappa shape index (κ1) is 17.0. The predicted molar refractivity (Wildman–Crippen MR) is 97.9 cm³/mol. The minimum absolute atomic E-state index is 0.405. The van der Waals surface area contributed by atoms with E-state index >= 15 is 0 Å². The second kappa shape index (κ2) is 7.83. The first-order valence-electron chi connectivity index (χ1n) is 9.91. The first-order chi connectivity index (χ1) is 12.3. The van der Waals surface area contributed by atoms with Crippen molar-refractivity contribution in [1.29, 1.82) is 0 Å². The lowest BCUT2D eigenvalue weighted by molar-refractivity contribution is -0.142. The average molecular weight is 342 g/mol. The Balaban J connectivity index is 1.37. The molecule has 2 atom stereocenters. The molecule has 1 N–H and O–H groups in total. The molecule has 4 heterocycles. The van der Waals surface area contributed by atoms with E-state index in [1.807, 2.05) is 12.4 Å². The largest absolute Gasteiger partial charge is 0.339 e. The summed E-state index contributed by atoms with van der Waals surface area (Å²) in [5.41, 5.74) is 1.34. The monoisotopic (exact) mass is 342 g/mol.